The van der Waals surface area contributed by atoms with Crippen molar-refractivity contribution in [1.29, 1.82) is 0 Å². The molecule has 1 aromatic heterocycles. The van der Waals surface area contributed by atoms with Crippen LogP contribution in [-0.4, -0.2) is 24.7 Å². The molecule has 0 amide bonds. The molecule has 0 radical (unpaired) electrons. The van der Waals surface area contributed by atoms with Gasteiger partial charge in [-0.1, -0.05) is 56.3 Å². The first kappa shape index (κ1) is 19.0. The first-order chi connectivity index (χ1) is 12.2. The highest BCUT2D eigenvalue weighted by Crippen LogP contribution is 2.30. The Kier molecular flexibility index (Phi) is 7.04. The molecule has 5 nitrogen and oxygen atoms in total. The van der Waals surface area contributed by atoms with E-state index in [0.717, 1.165) is 43.2 Å². The summed E-state index contributed by atoms with van der Waals surface area (Å²) in [4.78, 5) is 4.33. The van der Waals surface area contributed by atoms with Gasteiger partial charge >= 0.3 is 0 Å². The van der Waals surface area contributed by atoms with E-state index < -0.39 is 0 Å². The third-order valence-electron chi connectivity index (χ3n) is 4.96. The molecule has 0 aliphatic heterocycles. The van der Waals surface area contributed by atoms with Crippen molar-refractivity contribution in [2.75, 3.05) is 13.6 Å². The number of nitrogens with zero attached hydrogens (tertiary/aromatic N) is 2. The quantitative estimate of drug-likeness (QED) is 0.568. The van der Waals surface area contributed by atoms with Gasteiger partial charge in [0.2, 0.25) is 0 Å². The van der Waals surface area contributed by atoms with Crippen LogP contribution in [0.15, 0.2) is 45.9 Å². The van der Waals surface area contributed by atoms with E-state index in [-0.39, 0.29) is 5.41 Å². The van der Waals surface area contributed by atoms with Crippen LogP contribution < -0.4 is 10.6 Å². The van der Waals surface area contributed by atoms with Crippen LogP contribution in [0.25, 0.3) is 0 Å². The maximum absolute atomic E-state index is 5.31. The van der Waals surface area contributed by atoms with Crippen molar-refractivity contribution in [3.05, 3.63) is 53.4 Å². The maximum atomic E-state index is 5.31. The Bertz CT molecular complexity index is 659. The van der Waals surface area contributed by atoms with E-state index in [4.69, 9.17) is 4.52 Å². The molecule has 0 aliphatic carbocycles. The number of hydrogen-bond donors (Lipinski definition) is 2. The van der Waals surface area contributed by atoms with Gasteiger partial charge in [0.05, 0.1) is 12.2 Å². The summed E-state index contributed by atoms with van der Waals surface area (Å²) < 4.78 is 5.31. The molecule has 0 aliphatic rings. The van der Waals surface area contributed by atoms with Crippen LogP contribution in [0.4, 0.5) is 0 Å². The number of aromatic nitrogens is 1. The predicted octanol–water partition coefficient (Wildman–Crippen LogP) is 3.66. The summed E-state index contributed by atoms with van der Waals surface area (Å²) in [6.07, 6.45) is 3.02. The van der Waals surface area contributed by atoms with Crippen LogP contribution >= 0.6 is 0 Å². The molecule has 0 fully saturated rings. The van der Waals surface area contributed by atoms with Crippen LogP contribution in [0.5, 0.6) is 0 Å². The molecular weight excluding hydrogens is 312 g/mol. The molecule has 0 unspecified atom stereocenters. The molecule has 0 bridgehead atoms. The Morgan fingerprint density at radius 2 is 1.84 bits per heavy atom. The fourth-order valence-electron chi connectivity index (χ4n) is 3.05. The number of nitrogens with one attached hydrogen (secondary N) is 2. The summed E-state index contributed by atoms with van der Waals surface area (Å²) in [7, 11) is 1.79. The molecule has 0 atom stereocenters. The van der Waals surface area contributed by atoms with E-state index in [9.17, 15) is 0 Å². The second-order valence-corrected chi connectivity index (χ2v) is 6.27. The highest BCUT2D eigenvalue weighted by molar-refractivity contribution is 5.79. The zero-order chi connectivity index (χ0) is 18.1. The van der Waals surface area contributed by atoms with Crippen LogP contribution in [-0.2, 0) is 18.4 Å². The average molecular weight is 342 g/mol. The van der Waals surface area contributed by atoms with Gasteiger partial charge in [0.15, 0.2) is 11.7 Å². The van der Waals surface area contributed by atoms with E-state index in [2.05, 4.69) is 71.9 Å². The fourth-order valence-corrected chi connectivity index (χ4v) is 3.05. The molecule has 0 spiro atoms. The zero-order valence-electron chi connectivity index (χ0n) is 15.8. The second kappa shape index (κ2) is 9.25. The molecular formula is C20H30N4O. The van der Waals surface area contributed by atoms with E-state index in [1.54, 1.807) is 7.05 Å². The Hall–Kier alpha value is -2.30. The standard InChI is InChI=1S/C20H30N4O/c1-5-17-13-18(25-24-17)14-22-19(21-4)23-15-20(6-2,7-3)16-11-9-8-10-12-16/h8-13H,5-7,14-15H2,1-4H3,(H2,21,22,23). The number of aryl methyl sites for hydroxylation is 1. The summed E-state index contributed by atoms with van der Waals surface area (Å²) in [6.45, 7) is 7.96. The normalized spacial score (nSPS) is 12.2. The number of guanidine groups is 1. The Morgan fingerprint density at radius 3 is 2.40 bits per heavy atom. The topological polar surface area (TPSA) is 62.5 Å². The summed E-state index contributed by atoms with van der Waals surface area (Å²) >= 11 is 0. The summed E-state index contributed by atoms with van der Waals surface area (Å²) in [5.74, 6) is 1.59. The zero-order valence-corrected chi connectivity index (χ0v) is 15.8. The maximum Gasteiger partial charge on any atom is 0.191 e. The van der Waals surface area contributed by atoms with Gasteiger partial charge in [-0.25, -0.2) is 0 Å². The molecule has 1 aromatic carbocycles. The lowest BCUT2D eigenvalue weighted by molar-refractivity contribution is 0.372. The number of aliphatic imine (C=N–C) groups is 1. The molecule has 25 heavy (non-hydrogen) atoms. The van der Waals surface area contributed by atoms with Gasteiger partial charge in [-0.3, -0.25) is 4.99 Å². The molecule has 0 saturated heterocycles. The average Bonchev–Trinajstić information content (AvgIpc) is 3.14. The smallest absolute Gasteiger partial charge is 0.191 e. The molecule has 2 rings (SSSR count). The molecule has 2 N–H and O–H groups in total. The predicted molar refractivity (Wildman–Crippen MR) is 103 cm³/mol. The Labute approximate surface area is 150 Å². The molecule has 0 saturated carbocycles. The van der Waals surface area contributed by atoms with Gasteiger partial charge in [0.25, 0.3) is 0 Å². The Morgan fingerprint density at radius 1 is 1.12 bits per heavy atom. The lowest BCUT2D eigenvalue weighted by Crippen LogP contribution is -2.45. The molecule has 5 heteroatoms. The number of rotatable bonds is 8. The monoisotopic (exact) mass is 342 g/mol. The van der Waals surface area contributed by atoms with Crippen molar-refractivity contribution in [3.8, 4) is 0 Å². The van der Waals surface area contributed by atoms with E-state index in [0.29, 0.717) is 6.54 Å². The molecule has 136 valence electrons. The van der Waals surface area contributed by atoms with Crippen molar-refractivity contribution >= 4 is 5.96 Å². The van der Waals surface area contributed by atoms with Gasteiger partial charge in [-0.2, -0.15) is 0 Å². The van der Waals surface area contributed by atoms with Gasteiger partial charge in [0.1, 0.15) is 0 Å². The van der Waals surface area contributed by atoms with Crippen molar-refractivity contribution in [2.45, 2.75) is 52.0 Å². The Balaban J connectivity index is 1.98. The first-order valence-corrected chi connectivity index (χ1v) is 9.12. The summed E-state index contributed by atoms with van der Waals surface area (Å²) in [5, 5.41) is 10.8. The molecule has 1 heterocycles. The van der Waals surface area contributed by atoms with E-state index in [1.165, 1.54) is 5.56 Å². The van der Waals surface area contributed by atoms with Gasteiger partial charge in [0, 0.05) is 25.1 Å². The highest BCUT2D eigenvalue weighted by Gasteiger charge is 2.28. The van der Waals surface area contributed by atoms with Crippen molar-refractivity contribution in [2.24, 2.45) is 4.99 Å². The van der Waals surface area contributed by atoms with Gasteiger partial charge in [-0.15, -0.1) is 0 Å². The first-order valence-electron chi connectivity index (χ1n) is 9.12. The van der Waals surface area contributed by atoms with Crippen LogP contribution in [0.2, 0.25) is 0 Å². The van der Waals surface area contributed by atoms with E-state index in [1.807, 2.05) is 6.07 Å². The van der Waals surface area contributed by atoms with Crippen LogP contribution in [0, 0.1) is 0 Å². The summed E-state index contributed by atoms with van der Waals surface area (Å²) in [6, 6.07) is 12.7. The molecule has 2 aromatic rings. The van der Waals surface area contributed by atoms with Crippen molar-refractivity contribution < 1.29 is 4.52 Å². The van der Waals surface area contributed by atoms with Gasteiger partial charge in [-0.05, 0) is 24.8 Å². The largest absolute Gasteiger partial charge is 0.359 e. The van der Waals surface area contributed by atoms with E-state index >= 15 is 0 Å². The lowest BCUT2D eigenvalue weighted by Gasteiger charge is -2.33. The minimum absolute atomic E-state index is 0.0977. The minimum atomic E-state index is 0.0977. The highest BCUT2D eigenvalue weighted by atomic mass is 16.5. The van der Waals surface area contributed by atoms with Crippen molar-refractivity contribution in [3.63, 3.8) is 0 Å². The minimum Gasteiger partial charge on any atom is -0.359 e. The SMILES string of the molecule is CCc1cc(CNC(=NC)NCC(CC)(CC)c2ccccc2)on1. The third-order valence-corrected chi connectivity index (χ3v) is 4.96. The fraction of sp³-hybridized carbons (Fsp3) is 0.500. The number of hydrogen-bond acceptors (Lipinski definition) is 3. The third kappa shape index (κ3) is 4.84. The van der Waals surface area contributed by atoms with Crippen LogP contribution in [0.1, 0.15) is 50.6 Å². The lowest BCUT2D eigenvalue weighted by atomic mass is 9.76. The van der Waals surface area contributed by atoms with Crippen LogP contribution in [0.3, 0.4) is 0 Å². The number of benzene rings is 1. The van der Waals surface area contributed by atoms with Gasteiger partial charge < -0.3 is 15.2 Å². The second-order valence-electron chi connectivity index (χ2n) is 6.27. The summed E-state index contributed by atoms with van der Waals surface area (Å²) in [5.41, 5.74) is 2.44. The van der Waals surface area contributed by atoms with Crippen molar-refractivity contribution in [1.82, 2.24) is 15.8 Å².